The Balaban J connectivity index is 2.18. The van der Waals surface area contributed by atoms with Crippen molar-refractivity contribution < 1.29 is 9.59 Å². The maximum Gasteiger partial charge on any atom is 0.237 e. The first-order valence-corrected chi connectivity index (χ1v) is 6.93. The Hall–Kier alpha value is -1.10. The van der Waals surface area contributed by atoms with E-state index >= 15 is 0 Å². The van der Waals surface area contributed by atoms with Gasteiger partial charge in [-0.2, -0.15) is 0 Å². The van der Waals surface area contributed by atoms with Gasteiger partial charge >= 0.3 is 0 Å². The first kappa shape index (κ1) is 15.0. The number of hydrogen-bond donors (Lipinski definition) is 3. The van der Waals surface area contributed by atoms with E-state index in [9.17, 15) is 9.59 Å². The van der Waals surface area contributed by atoms with Gasteiger partial charge in [-0.15, -0.1) is 0 Å². The SMILES string of the molecule is CCCNC(=O)CCNC(=O)C1NCCCC1C. The molecule has 2 atom stereocenters. The molecule has 5 heteroatoms. The molecule has 1 heterocycles. The van der Waals surface area contributed by atoms with Crippen molar-refractivity contribution in [2.24, 2.45) is 5.92 Å². The molecule has 1 rings (SSSR count). The predicted molar refractivity (Wildman–Crippen MR) is 71.1 cm³/mol. The van der Waals surface area contributed by atoms with Crippen LogP contribution in [0.2, 0.25) is 0 Å². The lowest BCUT2D eigenvalue weighted by Gasteiger charge is -2.28. The standard InChI is InChI=1S/C13H25N3O2/c1-3-7-14-11(17)6-9-16-13(18)12-10(2)5-4-8-15-12/h10,12,15H,3-9H2,1-2H3,(H,14,17)(H,16,18). The van der Waals surface area contributed by atoms with Crippen LogP contribution in [-0.4, -0.2) is 37.5 Å². The minimum Gasteiger partial charge on any atom is -0.356 e. The maximum atomic E-state index is 11.9. The highest BCUT2D eigenvalue weighted by Crippen LogP contribution is 2.15. The molecule has 0 saturated carbocycles. The van der Waals surface area contributed by atoms with E-state index in [0.29, 0.717) is 25.4 Å². The summed E-state index contributed by atoms with van der Waals surface area (Å²) in [6.45, 7) is 6.12. The van der Waals surface area contributed by atoms with Crippen molar-refractivity contribution in [3.05, 3.63) is 0 Å². The van der Waals surface area contributed by atoms with Gasteiger partial charge in [-0.25, -0.2) is 0 Å². The lowest BCUT2D eigenvalue weighted by molar-refractivity contribution is -0.125. The molecule has 0 radical (unpaired) electrons. The zero-order valence-electron chi connectivity index (χ0n) is 11.4. The second-order valence-corrected chi connectivity index (χ2v) is 4.94. The Morgan fingerprint density at radius 1 is 1.28 bits per heavy atom. The molecule has 0 bridgehead atoms. The van der Waals surface area contributed by atoms with E-state index in [2.05, 4.69) is 22.9 Å². The molecule has 18 heavy (non-hydrogen) atoms. The summed E-state index contributed by atoms with van der Waals surface area (Å²) in [4.78, 5) is 23.2. The van der Waals surface area contributed by atoms with E-state index in [4.69, 9.17) is 0 Å². The summed E-state index contributed by atoms with van der Waals surface area (Å²) in [6.07, 6.45) is 3.50. The Bertz CT molecular complexity index is 281. The van der Waals surface area contributed by atoms with Crippen LogP contribution in [0.3, 0.4) is 0 Å². The zero-order valence-corrected chi connectivity index (χ0v) is 11.4. The third-order valence-corrected chi connectivity index (χ3v) is 3.28. The number of hydrogen-bond acceptors (Lipinski definition) is 3. The quantitative estimate of drug-likeness (QED) is 0.644. The fourth-order valence-corrected chi connectivity index (χ4v) is 2.16. The lowest BCUT2D eigenvalue weighted by atomic mass is 9.92. The average Bonchev–Trinajstić information content (AvgIpc) is 2.36. The highest BCUT2D eigenvalue weighted by Gasteiger charge is 2.26. The minimum atomic E-state index is -0.0996. The monoisotopic (exact) mass is 255 g/mol. The lowest BCUT2D eigenvalue weighted by Crippen LogP contribution is -2.51. The predicted octanol–water partition coefficient (Wildman–Crippen LogP) is 0.407. The summed E-state index contributed by atoms with van der Waals surface area (Å²) in [5.74, 6) is 0.389. The van der Waals surface area contributed by atoms with E-state index in [1.165, 1.54) is 0 Å². The maximum absolute atomic E-state index is 11.9. The highest BCUT2D eigenvalue weighted by molar-refractivity contribution is 5.83. The van der Waals surface area contributed by atoms with Gasteiger partial charge in [0.25, 0.3) is 0 Å². The van der Waals surface area contributed by atoms with Gasteiger partial charge in [0, 0.05) is 19.5 Å². The molecule has 2 amide bonds. The van der Waals surface area contributed by atoms with Crippen molar-refractivity contribution in [2.45, 2.75) is 45.6 Å². The van der Waals surface area contributed by atoms with E-state index in [1.54, 1.807) is 0 Å². The van der Waals surface area contributed by atoms with Crippen molar-refractivity contribution in [3.8, 4) is 0 Å². The van der Waals surface area contributed by atoms with Gasteiger partial charge in [0.1, 0.15) is 0 Å². The number of piperidine rings is 1. The van der Waals surface area contributed by atoms with E-state index in [1.807, 2.05) is 6.92 Å². The molecule has 0 aliphatic carbocycles. The number of carbonyl (C=O) groups is 2. The van der Waals surface area contributed by atoms with Crippen LogP contribution in [0, 0.1) is 5.92 Å². The molecule has 0 aromatic carbocycles. The molecule has 104 valence electrons. The largest absolute Gasteiger partial charge is 0.356 e. The van der Waals surface area contributed by atoms with Gasteiger partial charge < -0.3 is 16.0 Å². The Kier molecular flexibility index (Phi) is 6.72. The third kappa shape index (κ3) is 5.04. The van der Waals surface area contributed by atoms with E-state index in [-0.39, 0.29) is 17.9 Å². The molecule has 2 unspecified atom stereocenters. The summed E-state index contributed by atoms with van der Waals surface area (Å²) in [5.41, 5.74) is 0. The molecule has 0 aromatic heterocycles. The smallest absolute Gasteiger partial charge is 0.237 e. The van der Waals surface area contributed by atoms with Crippen LogP contribution in [0.25, 0.3) is 0 Å². The Labute approximate surface area is 109 Å². The van der Waals surface area contributed by atoms with Gasteiger partial charge in [-0.1, -0.05) is 13.8 Å². The summed E-state index contributed by atoms with van der Waals surface area (Å²) >= 11 is 0. The molecule has 1 saturated heterocycles. The molecule has 5 nitrogen and oxygen atoms in total. The summed E-state index contributed by atoms with van der Waals surface area (Å²) < 4.78 is 0. The topological polar surface area (TPSA) is 70.2 Å². The normalized spacial score (nSPS) is 23.4. The van der Waals surface area contributed by atoms with Crippen LogP contribution in [0.1, 0.15) is 39.5 Å². The van der Waals surface area contributed by atoms with Gasteiger partial charge in [-0.05, 0) is 31.7 Å². The summed E-state index contributed by atoms with van der Waals surface area (Å²) in [6, 6.07) is -0.0996. The van der Waals surface area contributed by atoms with Crippen LogP contribution in [0.4, 0.5) is 0 Å². The third-order valence-electron chi connectivity index (χ3n) is 3.28. The first-order valence-electron chi connectivity index (χ1n) is 6.93. The first-order chi connectivity index (χ1) is 8.65. The number of amides is 2. The minimum absolute atomic E-state index is 0.00167. The van der Waals surface area contributed by atoms with Crippen molar-refractivity contribution in [3.63, 3.8) is 0 Å². The van der Waals surface area contributed by atoms with E-state index < -0.39 is 0 Å². The second kappa shape index (κ2) is 8.08. The van der Waals surface area contributed by atoms with Crippen LogP contribution in [0.5, 0.6) is 0 Å². The average molecular weight is 255 g/mol. The van der Waals surface area contributed by atoms with Crippen molar-refractivity contribution in [1.82, 2.24) is 16.0 Å². The number of rotatable bonds is 6. The highest BCUT2D eigenvalue weighted by atomic mass is 16.2. The second-order valence-electron chi connectivity index (χ2n) is 4.94. The van der Waals surface area contributed by atoms with Crippen LogP contribution in [0.15, 0.2) is 0 Å². The fourth-order valence-electron chi connectivity index (χ4n) is 2.16. The van der Waals surface area contributed by atoms with Crippen molar-refractivity contribution in [1.29, 1.82) is 0 Å². The van der Waals surface area contributed by atoms with Crippen LogP contribution < -0.4 is 16.0 Å². The Morgan fingerprint density at radius 3 is 2.72 bits per heavy atom. The van der Waals surface area contributed by atoms with Gasteiger partial charge in [-0.3, -0.25) is 9.59 Å². The van der Waals surface area contributed by atoms with Crippen LogP contribution >= 0.6 is 0 Å². The van der Waals surface area contributed by atoms with Crippen LogP contribution in [-0.2, 0) is 9.59 Å². The van der Waals surface area contributed by atoms with Gasteiger partial charge in [0.15, 0.2) is 0 Å². The van der Waals surface area contributed by atoms with Crippen molar-refractivity contribution >= 4 is 11.8 Å². The molecule has 1 aliphatic heterocycles. The zero-order chi connectivity index (χ0) is 13.4. The van der Waals surface area contributed by atoms with Crippen molar-refractivity contribution in [2.75, 3.05) is 19.6 Å². The molecule has 1 aliphatic rings. The molecule has 3 N–H and O–H groups in total. The molecular formula is C13H25N3O2. The summed E-state index contributed by atoms with van der Waals surface area (Å²) in [5, 5.41) is 8.84. The number of carbonyl (C=O) groups excluding carboxylic acids is 2. The fraction of sp³-hybridized carbons (Fsp3) is 0.846. The molecule has 0 spiro atoms. The molecule has 1 fully saturated rings. The molecular weight excluding hydrogens is 230 g/mol. The summed E-state index contributed by atoms with van der Waals surface area (Å²) in [7, 11) is 0. The van der Waals surface area contributed by atoms with E-state index in [0.717, 1.165) is 25.8 Å². The van der Waals surface area contributed by atoms with Gasteiger partial charge in [0.2, 0.25) is 11.8 Å². The number of nitrogens with one attached hydrogen (secondary N) is 3. The Morgan fingerprint density at radius 2 is 2.06 bits per heavy atom. The van der Waals surface area contributed by atoms with Gasteiger partial charge in [0.05, 0.1) is 6.04 Å². The molecule has 0 aromatic rings.